The van der Waals surface area contributed by atoms with Gasteiger partial charge < -0.3 is 14.6 Å². The van der Waals surface area contributed by atoms with E-state index in [9.17, 15) is 9.50 Å². The normalized spacial score (nSPS) is 14.8. The Morgan fingerprint density at radius 2 is 2.00 bits per heavy atom. The molecule has 0 aliphatic heterocycles. The van der Waals surface area contributed by atoms with Gasteiger partial charge in [0, 0.05) is 27.1 Å². The third-order valence-electron chi connectivity index (χ3n) is 2.70. The Kier molecular flexibility index (Phi) is 5.53. The summed E-state index contributed by atoms with van der Waals surface area (Å²) in [5, 5.41) is 10.3. The fraction of sp³-hybridized carbons (Fsp3) is 0.538. The van der Waals surface area contributed by atoms with Gasteiger partial charge in [-0.05, 0) is 24.6 Å². The van der Waals surface area contributed by atoms with Crippen molar-refractivity contribution in [2.45, 2.75) is 31.7 Å². The molecule has 1 N–H and O–H groups in total. The van der Waals surface area contributed by atoms with Gasteiger partial charge >= 0.3 is 0 Å². The van der Waals surface area contributed by atoms with Crippen LogP contribution in [0.15, 0.2) is 18.2 Å². The number of hydrogen-bond acceptors (Lipinski definition) is 3. The minimum Gasteiger partial charge on any atom is -0.390 e. The summed E-state index contributed by atoms with van der Waals surface area (Å²) < 4.78 is 23.1. The SMILES string of the molecule is COC(CC(C)(O)Cc1ccc(F)c(Cl)c1)OC. The van der Waals surface area contributed by atoms with E-state index < -0.39 is 17.7 Å². The van der Waals surface area contributed by atoms with Gasteiger partial charge in [-0.1, -0.05) is 17.7 Å². The maximum absolute atomic E-state index is 13.0. The second kappa shape index (κ2) is 6.48. The summed E-state index contributed by atoms with van der Waals surface area (Å²) in [7, 11) is 3.03. The highest BCUT2D eigenvalue weighted by Gasteiger charge is 2.26. The first kappa shape index (κ1) is 15.4. The molecule has 0 radical (unpaired) electrons. The highest BCUT2D eigenvalue weighted by Crippen LogP contribution is 2.23. The summed E-state index contributed by atoms with van der Waals surface area (Å²) in [6.45, 7) is 1.68. The molecular weight excluding hydrogens is 259 g/mol. The predicted octanol–water partition coefficient (Wildman–Crippen LogP) is 2.78. The largest absolute Gasteiger partial charge is 0.390 e. The molecular formula is C13H18ClFO3. The number of aliphatic hydroxyl groups is 1. The van der Waals surface area contributed by atoms with Crippen LogP contribution in [0.4, 0.5) is 4.39 Å². The van der Waals surface area contributed by atoms with E-state index in [0.29, 0.717) is 12.8 Å². The summed E-state index contributed by atoms with van der Waals surface area (Å²) >= 11 is 5.70. The van der Waals surface area contributed by atoms with Crippen molar-refractivity contribution >= 4 is 11.6 Å². The molecule has 1 atom stereocenters. The lowest BCUT2D eigenvalue weighted by molar-refractivity contribution is -0.139. The quantitative estimate of drug-likeness (QED) is 0.812. The average molecular weight is 277 g/mol. The lowest BCUT2D eigenvalue weighted by atomic mass is 9.93. The van der Waals surface area contributed by atoms with E-state index in [-0.39, 0.29) is 5.02 Å². The number of benzene rings is 1. The third-order valence-corrected chi connectivity index (χ3v) is 2.99. The summed E-state index contributed by atoms with van der Waals surface area (Å²) in [4.78, 5) is 0. The maximum atomic E-state index is 13.0. The average Bonchev–Trinajstić information content (AvgIpc) is 2.30. The monoisotopic (exact) mass is 276 g/mol. The molecule has 1 aromatic carbocycles. The molecule has 0 saturated carbocycles. The Morgan fingerprint density at radius 3 is 2.50 bits per heavy atom. The van der Waals surface area contributed by atoms with Crippen LogP contribution < -0.4 is 0 Å². The molecule has 102 valence electrons. The first-order chi connectivity index (χ1) is 8.38. The molecule has 3 nitrogen and oxygen atoms in total. The second-order valence-corrected chi connectivity index (χ2v) is 4.93. The van der Waals surface area contributed by atoms with Crippen molar-refractivity contribution in [3.8, 4) is 0 Å². The zero-order chi connectivity index (χ0) is 13.8. The van der Waals surface area contributed by atoms with Crippen LogP contribution in [0.1, 0.15) is 18.9 Å². The molecule has 1 rings (SSSR count). The van der Waals surface area contributed by atoms with Crippen molar-refractivity contribution in [2.75, 3.05) is 14.2 Å². The predicted molar refractivity (Wildman–Crippen MR) is 68.2 cm³/mol. The minimum atomic E-state index is -1.02. The molecule has 0 saturated heterocycles. The lowest BCUT2D eigenvalue weighted by Crippen LogP contribution is -2.34. The standard InChI is InChI=1S/C13H18ClFO3/c1-13(16,8-12(17-2)18-3)7-9-4-5-11(15)10(14)6-9/h4-6,12,16H,7-8H2,1-3H3. The van der Waals surface area contributed by atoms with Crippen molar-refractivity contribution in [2.24, 2.45) is 0 Å². The van der Waals surface area contributed by atoms with Crippen LogP contribution in [-0.2, 0) is 15.9 Å². The first-order valence-corrected chi connectivity index (χ1v) is 5.97. The van der Waals surface area contributed by atoms with Crippen LogP contribution in [0.25, 0.3) is 0 Å². The van der Waals surface area contributed by atoms with Gasteiger partial charge in [-0.25, -0.2) is 4.39 Å². The van der Waals surface area contributed by atoms with Crippen molar-refractivity contribution in [3.05, 3.63) is 34.6 Å². The Hall–Kier alpha value is -0.680. The van der Waals surface area contributed by atoms with Crippen LogP contribution in [0.3, 0.4) is 0 Å². The number of halogens is 2. The van der Waals surface area contributed by atoms with E-state index in [1.165, 1.54) is 26.4 Å². The molecule has 0 spiro atoms. The highest BCUT2D eigenvalue weighted by atomic mass is 35.5. The third kappa shape index (κ3) is 4.53. The van der Waals surface area contributed by atoms with E-state index in [0.717, 1.165) is 5.56 Å². The van der Waals surface area contributed by atoms with Gasteiger partial charge in [0.15, 0.2) is 6.29 Å². The molecule has 0 heterocycles. The summed E-state index contributed by atoms with van der Waals surface area (Å²) in [6, 6.07) is 4.40. The lowest BCUT2D eigenvalue weighted by Gasteiger charge is -2.27. The van der Waals surface area contributed by atoms with E-state index in [2.05, 4.69) is 0 Å². The van der Waals surface area contributed by atoms with E-state index >= 15 is 0 Å². The Labute approximate surface area is 111 Å². The van der Waals surface area contributed by atoms with E-state index in [1.807, 2.05) is 0 Å². The van der Waals surface area contributed by atoms with E-state index in [4.69, 9.17) is 21.1 Å². The zero-order valence-corrected chi connectivity index (χ0v) is 11.5. The van der Waals surface area contributed by atoms with Gasteiger partial charge in [-0.2, -0.15) is 0 Å². The Morgan fingerprint density at radius 1 is 1.39 bits per heavy atom. The molecule has 0 fully saturated rings. The summed E-state index contributed by atoms with van der Waals surface area (Å²) in [5.74, 6) is -0.466. The molecule has 5 heteroatoms. The Bertz CT molecular complexity index is 392. The van der Waals surface area contributed by atoms with Gasteiger partial charge in [0.2, 0.25) is 0 Å². The molecule has 0 aromatic heterocycles. The molecule has 0 aliphatic carbocycles. The van der Waals surface area contributed by atoms with Crippen molar-refractivity contribution in [3.63, 3.8) is 0 Å². The molecule has 0 amide bonds. The molecule has 1 unspecified atom stereocenters. The van der Waals surface area contributed by atoms with E-state index in [1.54, 1.807) is 13.0 Å². The maximum Gasteiger partial charge on any atom is 0.159 e. The van der Waals surface area contributed by atoms with Gasteiger partial charge in [-0.15, -0.1) is 0 Å². The van der Waals surface area contributed by atoms with Crippen molar-refractivity contribution < 1.29 is 19.0 Å². The smallest absolute Gasteiger partial charge is 0.159 e. The first-order valence-electron chi connectivity index (χ1n) is 5.60. The van der Waals surface area contributed by atoms with Crippen LogP contribution in [0.2, 0.25) is 5.02 Å². The second-order valence-electron chi connectivity index (χ2n) is 4.53. The van der Waals surface area contributed by atoms with Gasteiger partial charge in [0.05, 0.1) is 10.6 Å². The van der Waals surface area contributed by atoms with Gasteiger partial charge in [-0.3, -0.25) is 0 Å². The van der Waals surface area contributed by atoms with Crippen molar-refractivity contribution in [1.82, 2.24) is 0 Å². The number of ether oxygens (including phenoxy) is 2. The van der Waals surface area contributed by atoms with Crippen LogP contribution >= 0.6 is 11.6 Å². The van der Waals surface area contributed by atoms with Crippen LogP contribution in [-0.4, -0.2) is 31.2 Å². The summed E-state index contributed by atoms with van der Waals surface area (Å²) in [5.41, 5.74) is -0.255. The number of hydrogen-bond donors (Lipinski definition) is 1. The van der Waals surface area contributed by atoms with Crippen LogP contribution in [0, 0.1) is 5.82 Å². The highest BCUT2D eigenvalue weighted by molar-refractivity contribution is 6.30. The van der Waals surface area contributed by atoms with Crippen molar-refractivity contribution in [1.29, 1.82) is 0 Å². The van der Waals surface area contributed by atoms with Crippen LogP contribution in [0.5, 0.6) is 0 Å². The molecule has 18 heavy (non-hydrogen) atoms. The molecule has 1 aromatic rings. The topological polar surface area (TPSA) is 38.7 Å². The fourth-order valence-electron chi connectivity index (χ4n) is 1.78. The number of methoxy groups -OCH3 is 2. The summed E-state index contributed by atoms with van der Waals surface area (Å²) in [6.07, 6.45) is 0.182. The number of rotatable bonds is 6. The molecule has 0 aliphatic rings. The minimum absolute atomic E-state index is 0.0540. The fourth-order valence-corrected chi connectivity index (χ4v) is 1.99. The Balaban J connectivity index is 2.72. The van der Waals surface area contributed by atoms with Gasteiger partial charge in [0.1, 0.15) is 5.82 Å². The zero-order valence-electron chi connectivity index (χ0n) is 10.7. The van der Waals surface area contributed by atoms with Gasteiger partial charge in [0.25, 0.3) is 0 Å². The molecule has 0 bridgehead atoms.